The maximum absolute atomic E-state index is 9.84. The molecular formula is C14H25NO. The third-order valence-electron chi connectivity index (χ3n) is 4.79. The van der Waals surface area contributed by atoms with Crippen LogP contribution in [0.1, 0.15) is 51.4 Å². The van der Waals surface area contributed by atoms with Gasteiger partial charge in [-0.2, -0.15) is 0 Å². The second-order valence-electron chi connectivity index (χ2n) is 6.27. The molecule has 2 nitrogen and oxygen atoms in total. The number of rotatable bonds is 5. The molecule has 0 aromatic heterocycles. The molecule has 0 aromatic carbocycles. The Labute approximate surface area is 98.8 Å². The van der Waals surface area contributed by atoms with E-state index >= 15 is 0 Å². The van der Waals surface area contributed by atoms with Crippen LogP contribution in [-0.2, 0) is 0 Å². The average molecular weight is 223 g/mol. The van der Waals surface area contributed by atoms with Crippen molar-refractivity contribution in [3.05, 3.63) is 0 Å². The molecule has 0 bridgehead atoms. The molecule has 0 spiro atoms. The van der Waals surface area contributed by atoms with E-state index in [1.165, 1.54) is 51.4 Å². The highest BCUT2D eigenvalue weighted by atomic mass is 16.3. The van der Waals surface area contributed by atoms with Gasteiger partial charge in [0.1, 0.15) is 0 Å². The van der Waals surface area contributed by atoms with Crippen molar-refractivity contribution >= 4 is 0 Å². The van der Waals surface area contributed by atoms with Gasteiger partial charge in [-0.1, -0.05) is 12.8 Å². The minimum atomic E-state index is -0.0682. The predicted octanol–water partition coefficient (Wildman–Crippen LogP) is 2.32. The first kappa shape index (κ1) is 11.0. The molecule has 2 heteroatoms. The first-order valence-electron chi connectivity index (χ1n) is 7.24. The lowest BCUT2D eigenvalue weighted by Gasteiger charge is -2.30. The van der Waals surface area contributed by atoms with Gasteiger partial charge in [0.2, 0.25) is 0 Å². The van der Waals surface area contributed by atoms with Crippen LogP contribution in [0.3, 0.4) is 0 Å². The maximum Gasteiger partial charge on any atom is 0.0692 e. The van der Waals surface area contributed by atoms with E-state index in [-0.39, 0.29) is 6.10 Å². The van der Waals surface area contributed by atoms with Gasteiger partial charge in [-0.05, 0) is 56.3 Å². The molecule has 0 aromatic rings. The Balaban J connectivity index is 1.39. The Hall–Kier alpha value is -0.0800. The molecule has 0 saturated heterocycles. The minimum absolute atomic E-state index is 0.0682. The van der Waals surface area contributed by atoms with Crippen LogP contribution in [0.15, 0.2) is 0 Å². The van der Waals surface area contributed by atoms with Crippen molar-refractivity contribution in [1.29, 1.82) is 0 Å². The summed E-state index contributed by atoms with van der Waals surface area (Å²) in [4.78, 5) is 0. The molecule has 0 radical (unpaired) electrons. The molecule has 0 amide bonds. The lowest BCUT2D eigenvalue weighted by atomic mass is 9.82. The molecule has 0 aliphatic heterocycles. The summed E-state index contributed by atoms with van der Waals surface area (Å²) < 4.78 is 0. The lowest BCUT2D eigenvalue weighted by Crippen LogP contribution is -2.39. The van der Waals surface area contributed by atoms with E-state index in [4.69, 9.17) is 0 Å². The first-order chi connectivity index (χ1) is 7.83. The standard InChI is InChI=1S/C14H25NO/c16-14(11-6-7-11)9-15-13-3-1-2-12(8-13)10-4-5-10/h10-16H,1-9H2. The van der Waals surface area contributed by atoms with Gasteiger partial charge in [0.25, 0.3) is 0 Å². The number of aliphatic hydroxyl groups is 1. The molecule has 3 rings (SSSR count). The van der Waals surface area contributed by atoms with E-state index in [0.717, 1.165) is 18.4 Å². The van der Waals surface area contributed by atoms with E-state index in [1.807, 2.05) is 0 Å². The van der Waals surface area contributed by atoms with Gasteiger partial charge >= 0.3 is 0 Å². The first-order valence-corrected chi connectivity index (χ1v) is 7.24. The predicted molar refractivity (Wildman–Crippen MR) is 65.2 cm³/mol. The van der Waals surface area contributed by atoms with E-state index in [2.05, 4.69) is 5.32 Å². The summed E-state index contributed by atoms with van der Waals surface area (Å²) in [5.41, 5.74) is 0. The molecule has 3 atom stereocenters. The highest BCUT2D eigenvalue weighted by Crippen LogP contribution is 2.43. The molecule has 3 aliphatic rings. The summed E-state index contributed by atoms with van der Waals surface area (Å²) in [7, 11) is 0. The van der Waals surface area contributed by atoms with Crippen molar-refractivity contribution in [2.24, 2.45) is 17.8 Å². The van der Waals surface area contributed by atoms with Crippen molar-refractivity contribution in [3.63, 3.8) is 0 Å². The summed E-state index contributed by atoms with van der Waals surface area (Å²) in [6.07, 6.45) is 11.0. The quantitative estimate of drug-likeness (QED) is 0.749. The number of hydrogen-bond donors (Lipinski definition) is 2. The van der Waals surface area contributed by atoms with Gasteiger partial charge in [0, 0.05) is 12.6 Å². The topological polar surface area (TPSA) is 32.3 Å². The van der Waals surface area contributed by atoms with Crippen LogP contribution in [0.25, 0.3) is 0 Å². The van der Waals surface area contributed by atoms with E-state index in [9.17, 15) is 5.11 Å². The van der Waals surface area contributed by atoms with Gasteiger partial charge in [0.15, 0.2) is 0 Å². The van der Waals surface area contributed by atoms with Crippen molar-refractivity contribution in [2.45, 2.75) is 63.5 Å². The average Bonchev–Trinajstić information content (AvgIpc) is 3.20. The van der Waals surface area contributed by atoms with Crippen molar-refractivity contribution in [3.8, 4) is 0 Å². The van der Waals surface area contributed by atoms with Crippen LogP contribution < -0.4 is 5.32 Å². The van der Waals surface area contributed by atoms with E-state index in [0.29, 0.717) is 12.0 Å². The van der Waals surface area contributed by atoms with Crippen LogP contribution in [0.5, 0.6) is 0 Å². The van der Waals surface area contributed by atoms with Gasteiger partial charge in [-0.25, -0.2) is 0 Å². The summed E-state index contributed by atoms with van der Waals surface area (Å²) in [6.45, 7) is 0.840. The summed E-state index contributed by atoms with van der Waals surface area (Å²) in [6, 6.07) is 0.702. The van der Waals surface area contributed by atoms with Crippen molar-refractivity contribution in [2.75, 3.05) is 6.54 Å². The maximum atomic E-state index is 9.84. The number of aliphatic hydroxyl groups excluding tert-OH is 1. The third-order valence-corrected chi connectivity index (χ3v) is 4.79. The second-order valence-corrected chi connectivity index (χ2v) is 6.27. The lowest BCUT2D eigenvalue weighted by molar-refractivity contribution is 0.137. The molecule has 3 unspecified atom stereocenters. The fourth-order valence-electron chi connectivity index (χ4n) is 3.34. The fourth-order valence-corrected chi connectivity index (χ4v) is 3.34. The minimum Gasteiger partial charge on any atom is -0.392 e. The smallest absolute Gasteiger partial charge is 0.0692 e. The van der Waals surface area contributed by atoms with Gasteiger partial charge < -0.3 is 10.4 Å². The highest BCUT2D eigenvalue weighted by Gasteiger charge is 2.35. The van der Waals surface area contributed by atoms with E-state index in [1.54, 1.807) is 0 Å². The Morgan fingerprint density at radius 1 is 1.00 bits per heavy atom. The zero-order valence-electron chi connectivity index (χ0n) is 10.2. The summed E-state index contributed by atoms with van der Waals surface area (Å²) >= 11 is 0. The Morgan fingerprint density at radius 3 is 2.50 bits per heavy atom. The normalized spacial score (nSPS) is 37.3. The van der Waals surface area contributed by atoms with E-state index < -0.39 is 0 Å². The van der Waals surface area contributed by atoms with Crippen LogP contribution in [0, 0.1) is 17.8 Å². The van der Waals surface area contributed by atoms with Gasteiger partial charge in [-0.3, -0.25) is 0 Å². The largest absolute Gasteiger partial charge is 0.392 e. The van der Waals surface area contributed by atoms with Crippen LogP contribution in [0.2, 0.25) is 0 Å². The number of nitrogens with one attached hydrogen (secondary N) is 1. The van der Waals surface area contributed by atoms with Crippen LogP contribution >= 0.6 is 0 Å². The SMILES string of the molecule is OC(CNC1CCCC(C2CC2)C1)C1CC1. The zero-order valence-corrected chi connectivity index (χ0v) is 10.2. The Morgan fingerprint density at radius 2 is 1.81 bits per heavy atom. The molecular weight excluding hydrogens is 198 g/mol. The molecule has 16 heavy (non-hydrogen) atoms. The van der Waals surface area contributed by atoms with Gasteiger partial charge in [-0.15, -0.1) is 0 Å². The molecule has 2 N–H and O–H groups in total. The number of hydrogen-bond acceptors (Lipinski definition) is 2. The van der Waals surface area contributed by atoms with Crippen molar-refractivity contribution < 1.29 is 5.11 Å². The highest BCUT2D eigenvalue weighted by molar-refractivity contribution is 4.89. The Kier molecular flexibility index (Phi) is 3.21. The molecule has 3 fully saturated rings. The molecule has 3 aliphatic carbocycles. The van der Waals surface area contributed by atoms with Crippen molar-refractivity contribution in [1.82, 2.24) is 5.32 Å². The van der Waals surface area contributed by atoms with Crippen LogP contribution in [-0.4, -0.2) is 23.8 Å². The summed E-state index contributed by atoms with van der Waals surface area (Å²) in [5.74, 6) is 2.69. The summed E-state index contributed by atoms with van der Waals surface area (Å²) in [5, 5.41) is 13.4. The van der Waals surface area contributed by atoms with Gasteiger partial charge in [0.05, 0.1) is 6.10 Å². The molecule has 0 heterocycles. The molecule has 92 valence electrons. The monoisotopic (exact) mass is 223 g/mol. The molecule has 3 saturated carbocycles. The fraction of sp³-hybridized carbons (Fsp3) is 1.00. The third kappa shape index (κ3) is 2.78. The zero-order chi connectivity index (χ0) is 11.0. The van der Waals surface area contributed by atoms with Crippen LogP contribution in [0.4, 0.5) is 0 Å². The second kappa shape index (κ2) is 4.66. The Bertz CT molecular complexity index is 235.